The number of nitriles is 1. The number of benzene rings is 1. The summed E-state index contributed by atoms with van der Waals surface area (Å²) in [5.74, 6) is 0. The van der Waals surface area contributed by atoms with Crippen LogP contribution in [0.5, 0.6) is 0 Å². The number of aryl methyl sites for hydroxylation is 1. The molecule has 7 nitrogen and oxygen atoms in total. The zero-order valence-electron chi connectivity index (χ0n) is 12.4. The van der Waals surface area contributed by atoms with E-state index in [9.17, 15) is 9.59 Å². The molecule has 116 valence electrons. The predicted octanol–water partition coefficient (Wildman–Crippen LogP) is 1.12. The molecule has 0 amide bonds. The third kappa shape index (κ3) is 2.39. The van der Waals surface area contributed by atoms with Gasteiger partial charge in [0.05, 0.1) is 18.2 Å². The van der Waals surface area contributed by atoms with E-state index in [1.807, 2.05) is 12.1 Å². The molecule has 0 bridgehead atoms. The molecule has 0 unspecified atom stereocenters. The lowest BCUT2D eigenvalue weighted by atomic mass is 10.1. The van der Waals surface area contributed by atoms with Gasteiger partial charge in [0.2, 0.25) is 0 Å². The molecule has 2 heterocycles. The summed E-state index contributed by atoms with van der Waals surface area (Å²) in [6, 6.07) is 9.17. The van der Waals surface area contributed by atoms with Crippen molar-refractivity contribution in [2.45, 2.75) is 6.54 Å². The molecule has 3 aromatic rings. The fraction of sp³-hybridized carbons (Fsp3) is 0.200. The number of fused-ring (bicyclic) bond motifs is 1. The van der Waals surface area contributed by atoms with Crippen molar-refractivity contribution in [2.24, 2.45) is 14.1 Å². The number of hydrogen-bond acceptors (Lipinski definition) is 4. The van der Waals surface area contributed by atoms with Gasteiger partial charge in [-0.1, -0.05) is 12.1 Å². The molecule has 0 saturated carbocycles. The molecule has 0 aliphatic carbocycles. The van der Waals surface area contributed by atoms with Gasteiger partial charge in [0, 0.05) is 14.1 Å². The van der Waals surface area contributed by atoms with Crippen molar-refractivity contribution in [3.05, 3.63) is 61.0 Å². The molecule has 0 N–H and O–H groups in total. The fourth-order valence-corrected chi connectivity index (χ4v) is 2.94. The number of rotatable bonds is 2. The van der Waals surface area contributed by atoms with Crippen LogP contribution in [0.2, 0.25) is 0 Å². The van der Waals surface area contributed by atoms with Crippen molar-refractivity contribution in [3.8, 4) is 6.07 Å². The lowest BCUT2D eigenvalue weighted by Gasteiger charge is -2.09. The van der Waals surface area contributed by atoms with Crippen LogP contribution in [0.3, 0.4) is 0 Å². The SMILES string of the molecule is Cn1c(=O)c2nc(Br)n(Cc3ccc(C#N)cc3)c2n(C)c1=O. The maximum absolute atomic E-state index is 12.2. The molecule has 0 spiro atoms. The van der Waals surface area contributed by atoms with Crippen LogP contribution in [0.4, 0.5) is 0 Å². The summed E-state index contributed by atoms with van der Waals surface area (Å²) in [6.07, 6.45) is 0. The molecule has 0 saturated heterocycles. The van der Waals surface area contributed by atoms with Crippen molar-refractivity contribution < 1.29 is 0 Å². The van der Waals surface area contributed by atoms with E-state index in [-0.39, 0.29) is 5.52 Å². The topological polar surface area (TPSA) is 85.6 Å². The first-order valence-corrected chi connectivity index (χ1v) is 7.54. The molecule has 0 aliphatic rings. The molecule has 0 atom stereocenters. The highest BCUT2D eigenvalue weighted by atomic mass is 79.9. The van der Waals surface area contributed by atoms with Gasteiger partial charge in [-0.3, -0.25) is 18.5 Å². The van der Waals surface area contributed by atoms with Crippen LogP contribution in [0.1, 0.15) is 11.1 Å². The second kappa shape index (κ2) is 5.52. The van der Waals surface area contributed by atoms with Gasteiger partial charge < -0.3 is 0 Å². The molecule has 0 aliphatic heterocycles. The van der Waals surface area contributed by atoms with Crippen LogP contribution in [0.15, 0.2) is 38.6 Å². The Bertz CT molecular complexity index is 1070. The van der Waals surface area contributed by atoms with Gasteiger partial charge >= 0.3 is 5.69 Å². The minimum absolute atomic E-state index is 0.232. The molecular weight excluding hydrogens is 362 g/mol. The van der Waals surface area contributed by atoms with E-state index in [1.165, 1.54) is 11.6 Å². The van der Waals surface area contributed by atoms with Crippen molar-refractivity contribution in [2.75, 3.05) is 0 Å². The van der Waals surface area contributed by atoms with Crippen LogP contribution >= 0.6 is 15.9 Å². The summed E-state index contributed by atoms with van der Waals surface area (Å²) in [6.45, 7) is 0.420. The Labute approximate surface area is 139 Å². The zero-order chi connectivity index (χ0) is 16.7. The summed E-state index contributed by atoms with van der Waals surface area (Å²) < 4.78 is 4.65. The number of hydrogen-bond donors (Lipinski definition) is 0. The van der Waals surface area contributed by atoms with Crippen LogP contribution in [-0.2, 0) is 20.6 Å². The first-order valence-electron chi connectivity index (χ1n) is 6.75. The van der Waals surface area contributed by atoms with E-state index in [0.717, 1.165) is 10.1 Å². The quantitative estimate of drug-likeness (QED) is 0.629. The third-order valence-electron chi connectivity index (χ3n) is 3.72. The van der Waals surface area contributed by atoms with Crippen molar-refractivity contribution in [3.63, 3.8) is 0 Å². The third-order valence-corrected chi connectivity index (χ3v) is 4.32. The highest BCUT2D eigenvalue weighted by Crippen LogP contribution is 2.18. The predicted molar refractivity (Wildman–Crippen MR) is 88.2 cm³/mol. The fourth-order valence-electron chi connectivity index (χ4n) is 2.47. The Hall–Kier alpha value is -2.66. The summed E-state index contributed by atoms with van der Waals surface area (Å²) in [5.41, 5.74) is 1.35. The van der Waals surface area contributed by atoms with Crippen molar-refractivity contribution in [1.29, 1.82) is 5.26 Å². The van der Waals surface area contributed by atoms with Gasteiger partial charge in [-0.2, -0.15) is 5.26 Å². The molecule has 2 aromatic heterocycles. The molecule has 3 rings (SSSR count). The van der Waals surface area contributed by atoms with E-state index in [0.29, 0.717) is 22.5 Å². The average molecular weight is 374 g/mol. The molecule has 0 fully saturated rings. The van der Waals surface area contributed by atoms with Crippen LogP contribution in [-0.4, -0.2) is 18.7 Å². The lowest BCUT2D eigenvalue weighted by Crippen LogP contribution is -2.37. The minimum Gasteiger partial charge on any atom is -0.300 e. The molecule has 8 heteroatoms. The largest absolute Gasteiger partial charge is 0.332 e. The normalized spacial score (nSPS) is 10.9. The molecular formula is C15H12BrN5O2. The first kappa shape index (κ1) is 15.2. The van der Waals surface area contributed by atoms with Crippen LogP contribution < -0.4 is 11.2 Å². The molecule has 1 aromatic carbocycles. The maximum Gasteiger partial charge on any atom is 0.332 e. The lowest BCUT2D eigenvalue weighted by molar-refractivity contribution is 0.685. The number of aromatic nitrogens is 4. The number of halogens is 1. The van der Waals surface area contributed by atoms with Crippen molar-refractivity contribution >= 4 is 27.1 Å². The summed E-state index contributed by atoms with van der Waals surface area (Å²) in [5, 5.41) is 8.85. The van der Waals surface area contributed by atoms with Gasteiger partial charge in [-0.25, -0.2) is 9.78 Å². The monoisotopic (exact) mass is 373 g/mol. The molecule has 23 heavy (non-hydrogen) atoms. The smallest absolute Gasteiger partial charge is 0.300 e. The minimum atomic E-state index is -0.428. The van der Waals surface area contributed by atoms with E-state index in [1.54, 1.807) is 23.7 Å². The van der Waals surface area contributed by atoms with E-state index < -0.39 is 11.2 Å². The second-order valence-corrected chi connectivity index (χ2v) is 5.86. The highest BCUT2D eigenvalue weighted by molar-refractivity contribution is 9.10. The Morgan fingerprint density at radius 1 is 1.17 bits per heavy atom. The highest BCUT2D eigenvalue weighted by Gasteiger charge is 2.17. The summed E-state index contributed by atoms with van der Waals surface area (Å²) in [7, 11) is 3.03. The van der Waals surface area contributed by atoms with E-state index >= 15 is 0 Å². The van der Waals surface area contributed by atoms with Crippen LogP contribution in [0.25, 0.3) is 11.2 Å². The summed E-state index contributed by atoms with van der Waals surface area (Å²) in [4.78, 5) is 28.6. The summed E-state index contributed by atoms with van der Waals surface area (Å²) >= 11 is 3.35. The van der Waals surface area contributed by atoms with Crippen molar-refractivity contribution in [1.82, 2.24) is 18.7 Å². The zero-order valence-corrected chi connectivity index (χ0v) is 14.0. The maximum atomic E-state index is 12.2. The number of nitrogens with zero attached hydrogens (tertiary/aromatic N) is 5. The number of imidazole rings is 1. The van der Waals surface area contributed by atoms with E-state index in [4.69, 9.17) is 5.26 Å². The average Bonchev–Trinajstić information content (AvgIpc) is 2.88. The second-order valence-electron chi connectivity index (χ2n) is 5.15. The first-order chi connectivity index (χ1) is 10.9. The van der Waals surface area contributed by atoms with Gasteiger partial charge in [0.1, 0.15) is 0 Å². The Balaban J connectivity index is 2.22. The molecule has 0 radical (unpaired) electrons. The van der Waals surface area contributed by atoms with Gasteiger partial charge in [-0.15, -0.1) is 0 Å². The standard InChI is InChI=1S/C15H12BrN5O2/c1-19-12-11(13(22)20(2)15(19)23)18-14(16)21(12)8-10-5-3-9(7-17)4-6-10/h3-6H,8H2,1-2H3. The van der Waals surface area contributed by atoms with Gasteiger partial charge in [0.25, 0.3) is 5.56 Å². The van der Waals surface area contributed by atoms with Crippen LogP contribution in [0, 0.1) is 11.3 Å². The Kier molecular flexibility index (Phi) is 3.66. The Morgan fingerprint density at radius 2 is 1.83 bits per heavy atom. The van der Waals surface area contributed by atoms with Gasteiger partial charge in [-0.05, 0) is 33.6 Å². The van der Waals surface area contributed by atoms with E-state index in [2.05, 4.69) is 27.0 Å². The Morgan fingerprint density at radius 3 is 2.43 bits per heavy atom. The van der Waals surface area contributed by atoms with Gasteiger partial charge in [0.15, 0.2) is 15.9 Å².